The minimum Gasteiger partial charge on any atom is -1.00 e. The van der Waals surface area contributed by atoms with E-state index in [2.05, 4.69) is 4.74 Å². The Morgan fingerprint density at radius 2 is 2.25 bits per heavy atom. The van der Waals surface area contributed by atoms with Gasteiger partial charge in [0.2, 0.25) is 0 Å². The summed E-state index contributed by atoms with van der Waals surface area (Å²) < 4.78 is 4.27. The Morgan fingerprint density at radius 1 is 1.75 bits per heavy atom. The molecule has 4 heteroatoms. The number of carbonyl (C=O) groups excluding carboxylic acids is 1. The van der Waals surface area contributed by atoms with Crippen LogP contribution in [-0.2, 0) is 9.53 Å². The Bertz CT molecular complexity index is 67.1. The molecular formula is C4H9ClNO2-. The molecule has 0 spiro atoms. The zero-order chi connectivity index (χ0) is 5.70. The molecule has 0 atom stereocenters. The van der Waals surface area contributed by atoms with E-state index in [0.29, 0.717) is 13.0 Å². The zero-order valence-corrected chi connectivity index (χ0v) is 5.44. The van der Waals surface area contributed by atoms with Gasteiger partial charge in [0.05, 0.1) is 13.5 Å². The van der Waals surface area contributed by atoms with Crippen molar-refractivity contribution in [3.8, 4) is 0 Å². The third-order valence-electron chi connectivity index (χ3n) is 0.576. The van der Waals surface area contributed by atoms with Gasteiger partial charge < -0.3 is 22.9 Å². The highest BCUT2D eigenvalue weighted by Crippen LogP contribution is 1.76. The minimum atomic E-state index is -0.248. The number of ether oxygens (including phenoxy) is 1. The number of hydrogen-bond acceptors (Lipinski definition) is 3. The summed E-state index contributed by atoms with van der Waals surface area (Å²) in [6.45, 7) is 0.368. The molecule has 0 aliphatic rings. The summed E-state index contributed by atoms with van der Waals surface area (Å²) in [5, 5.41) is 0. The average molecular weight is 139 g/mol. The highest BCUT2D eigenvalue weighted by atomic mass is 35.5. The van der Waals surface area contributed by atoms with Gasteiger partial charge >= 0.3 is 5.97 Å². The first-order valence-electron chi connectivity index (χ1n) is 2.08. The molecule has 0 aromatic carbocycles. The van der Waals surface area contributed by atoms with E-state index in [1.807, 2.05) is 0 Å². The summed E-state index contributed by atoms with van der Waals surface area (Å²) in [7, 11) is 1.35. The molecule has 0 unspecified atom stereocenters. The van der Waals surface area contributed by atoms with Gasteiger partial charge in [0.25, 0.3) is 0 Å². The zero-order valence-electron chi connectivity index (χ0n) is 4.69. The largest absolute Gasteiger partial charge is 1.00 e. The van der Waals surface area contributed by atoms with Crippen LogP contribution in [0.3, 0.4) is 0 Å². The quantitative estimate of drug-likeness (QED) is 0.403. The third-order valence-corrected chi connectivity index (χ3v) is 0.576. The molecule has 8 heavy (non-hydrogen) atoms. The summed E-state index contributed by atoms with van der Waals surface area (Å²) >= 11 is 0. The Hall–Kier alpha value is -0.280. The van der Waals surface area contributed by atoms with Gasteiger partial charge in [-0.3, -0.25) is 4.79 Å². The van der Waals surface area contributed by atoms with E-state index >= 15 is 0 Å². The molecule has 0 aliphatic carbocycles. The second-order valence-corrected chi connectivity index (χ2v) is 1.11. The molecule has 0 aromatic heterocycles. The first-order chi connectivity index (χ1) is 3.31. The maximum Gasteiger partial charge on any atom is 0.306 e. The van der Waals surface area contributed by atoms with E-state index in [-0.39, 0.29) is 18.4 Å². The summed E-state index contributed by atoms with van der Waals surface area (Å²) in [4.78, 5) is 10.1. The smallest absolute Gasteiger partial charge is 0.306 e. The molecule has 0 fully saturated rings. The van der Waals surface area contributed by atoms with Crippen molar-refractivity contribution in [2.45, 2.75) is 6.42 Å². The lowest BCUT2D eigenvalue weighted by Gasteiger charge is -1.91. The topological polar surface area (TPSA) is 52.3 Å². The highest BCUT2D eigenvalue weighted by Gasteiger charge is 1.92. The molecule has 0 bridgehead atoms. The fraction of sp³-hybridized carbons (Fsp3) is 0.750. The average Bonchev–Trinajstić information content (AvgIpc) is 1.68. The fourth-order valence-electron chi connectivity index (χ4n) is 0.220. The maximum absolute atomic E-state index is 10.1. The van der Waals surface area contributed by atoms with Crippen LogP contribution in [0.1, 0.15) is 6.42 Å². The Morgan fingerprint density at radius 3 is 2.38 bits per heavy atom. The maximum atomic E-state index is 10.1. The van der Waals surface area contributed by atoms with E-state index in [1.165, 1.54) is 7.11 Å². The molecule has 0 amide bonds. The van der Waals surface area contributed by atoms with Gasteiger partial charge in [0.15, 0.2) is 0 Å². The van der Waals surface area contributed by atoms with Crippen LogP contribution < -0.4 is 18.1 Å². The predicted molar refractivity (Wildman–Crippen MR) is 25.7 cm³/mol. The van der Waals surface area contributed by atoms with Crippen LogP contribution in [0.4, 0.5) is 0 Å². The van der Waals surface area contributed by atoms with Gasteiger partial charge in [-0.1, -0.05) is 0 Å². The van der Waals surface area contributed by atoms with Gasteiger partial charge in [-0.25, -0.2) is 0 Å². The van der Waals surface area contributed by atoms with Gasteiger partial charge in [-0.2, -0.15) is 0 Å². The molecule has 0 aromatic rings. The van der Waals surface area contributed by atoms with Crippen molar-refractivity contribution in [1.29, 1.82) is 0 Å². The van der Waals surface area contributed by atoms with E-state index in [0.717, 1.165) is 0 Å². The lowest BCUT2D eigenvalue weighted by molar-refractivity contribution is -0.140. The SMILES string of the molecule is COC(=O)CCN.[Cl-]. The standard InChI is InChI=1S/C4H9NO2.ClH/c1-7-4(6)2-3-5;/h2-3,5H2,1H3;1H/p-1. The van der Waals surface area contributed by atoms with Crippen LogP contribution in [0.25, 0.3) is 0 Å². The number of esters is 1. The fourth-order valence-corrected chi connectivity index (χ4v) is 0.220. The van der Waals surface area contributed by atoms with E-state index in [4.69, 9.17) is 5.73 Å². The van der Waals surface area contributed by atoms with Crippen molar-refractivity contribution in [3.63, 3.8) is 0 Å². The van der Waals surface area contributed by atoms with Crippen molar-refractivity contribution in [1.82, 2.24) is 0 Å². The van der Waals surface area contributed by atoms with Crippen molar-refractivity contribution < 1.29 is 21.9 Å². The number of carbonyl (C=O) groups is 1. The molecule has 3 nitrogen and oxygen atoms in total. The second kappa shape index (κ2) is 6.72. The number of methoxy groups -OCH3 is 1. The summed E-state index contributed by atoms with van der Waals surface area (Å²) in [5.41, 5.74) is 5.00. The van der Waals surface area contributed by atoms with E-state index in [1.54, 1.807) is 0 Å². The van der Waals surface area contributed by atoms with Crippen LogP contribution in [-0.4, -0.2) is 19.6 Å². The molecule has 0 heterocycles. The summed E-state index contributed by atoms with van der Waals surface area (Å²) in [5.74, 6) is -0.248. The summed E-state index contributed by atoms with van der Waals surface area (Å²) in [6, 6.07) is 0. The molecule has 0 radical (unpaired) electrons. The molecule has 0 saturated heterocycles. The van der Waals surface area contributed by atoms with Gasteiger partial charge in [-0.15, -0.1) is 0 Å². The van der Waals surface area contributed by atoms with Crippen molar-refractivity contribution in [2.24, 2.45) is 5.73 Å². The Labute approximate surface area is 54.6 Å². The van der Waals surface area contributed by atoms with Gasteiger partial charge in [0, 0.05) is 6.54 Å². The van der Waals surface area contributed by atoms with Crippen molar-refractivity contribution in [3.05, 3.63) is 0 Å². The van der Waals surface area contributed by atoms with Crippen LogP contribution in [0.2, 0.25) is 0 Å². The lowest BCUT2D eigenvalue weighted by atomic mass is 10.4. The molecule has 2 N–H and O–H groups in total. The molecule has 0 saturated carbocycles. The van der Waals surface area contributed by atoms with Gasteiger partial charge in [-0.05, 0) is 0 Å². The second-order valence-electron chi connectivity index (χ2n) is 1.11. The monoisotopic (exact) mass is 138 g/mol. The first kappa shape index (κ1) is 10.7. The third kappa shape index (κ3) is 5.72. The van der Waals surface area contributed by atoms with Crippen LogP contribution in [0.15, 0.2) is 0 Å². The van der Waals surface area contributed by atoms with Crippen LogP contribution in [0, 0.1) is 0 Å². The number of nitrogens with two attached hydrogens (primary N) is 1. The minimum absolute atomic E-state index is 0. The molecule has 0 rings (SSSR count). The number of hydrogen-bond donors (Lipinski definition) is 1. The number of rotatable bonds is 2. The molecular weight excluding hydrogens is 130 g/mol. The van der Waals surface area contributed by atoms with E-state index in [9.17, 15) is 4.79 Å². The van der Waals surface area contributed by atoms with Crippen molar-refractivity contribution in [2.75, 3.05) is 13.7 Å². The Kier molecular flexibility index (Phi) is 8.95. The highest BCUT2D eigenvalue weighted by molar-refractivity contribution is 5.69. The lowest BCUT2D eigenvalue weighted by Crippen LogP contribution is -3.00. The van der Waals surface area contributed by atoms with Crippen LogP contribution in [0.5, 0.6) is 0 Å². The molecule has 0 aliphatic heterocycles. The van der Waals surface area contributed by atoms with Crippen molar-refractivity contribution >= 4 is 5.97 Å². The normalized spacial score (nSPS) is 7.25. The van der Waals surface area contributed by atoms with Crippen LogP contribution >= 0.6 is 0 Å². The first-order valence-corrected chi connectivity index (χ1v) is 2.08. The predicted octanol–water partition coefficient (Wildman–Crippen LogP) is -3.49. The van der Waals surface area contributed by atoms with Gasteiger partial charge in [0.1, 0.15) is 0 Å². The summed E-state index contributed by atoms with van der Waals surface area (Å²) in [6.07, 6.45) is 0.316. The van der Waals surface area contributed by atoms with E-state index < -0.39 is 0 Å². The number of halogens is 1. The molecule has 50 valence electrons. The Balaban J connectivity index is 0.